The van der Waals surface area contributed by atoms with Crippen LogP contribution in [0.3, 0.4) is 0 Å². The number of hydrogen-bond donors (Lipinski definition) is 2. The van der Waals surface area contributed by atoms with Crippen molar-refractivity contribution in [1.29, 1.82) is 0 Å². The van der Waals surface area contributed by atoms with Crippen molar-refractivity contribution in [3.63, 3.8) is 0 Å². The normalized spacial score (nSPS) is 11.1. The molecule has 37 heavy (non-hydrogen) atoms. The molecule has 0 radical (unpaired) electrons. The van der Waals surface area contributed by atoms with Crippen LogP contribution in [0.4, 0.5) is 0 Å². The summed E-state index contributed by atoms with van der Waals surface area (Å²) in [7, 11) is 0. The fraction of sp³-hybridized carbons (Fsp3) is 0.207. The molecule has 0 fully saturated rings. The number of nitrogens with zero attached hydrogens (tertiary/aromatic N) is 5. The lowest BCUT2D eigenvalue weighted by Crippen LogP contribution is -2.30. The van der Waals surface area contributed by atoms with Gasteiger partial charge in [0, 0.05) is 29.7 Å². The SMILES string of the molecule is CCc1nc(C)c(Cc2cccc(CO)c2)c(=O)n1Cc1ccc(-c2ccccc2-c2nn[nH]n2)cc1. The standard InChI is InChI=1S/C29H28N6O2/c1-3-27-30-19(2)26(16-21-7-6-8-22(15-21)18-36)29(37)35(27)17-20-11-13-23(14-12-20)24-9-4-5-10-25(24)28-31-33-34-32-28/h4-15,36H,3,16-18H2,1-2H3,(H,31,32,33,34). The predicted molar refractivity (Wildman–Crippen MR) is 142 cm³/mol. The minimum Gasteiger partial charge on any atom is -0.392 e. The average Bonchev–Trinajstić information content (AvgIpc) is 3.48. The summed E-state index contributed by atoms with van der Waals surface area (Å²) in [5.74, 6) is 1.31. The highest BCUT2D eigenvalue weighted by Gasteiger charge is 2.15. The number of H-pyrrole nitrogens is 1. The molecular formula is C29H28N6O2. The van der Waals surface area contributed by atoms with Crippen LogP contribution in [-0.4, -0.2) is 35.3 Å². The molecule has 8 heteroatoms. The molecule has 0 saturated heterocycles. The molecule has 2 aromatic heterocycles. The summed E-state index contributed by atoms with van der Waals surface area (Å²) in [4.78, 5) is 18.4. The third kappa shape index (κ3) is 5.10. The number of aliphatic hydroxyl groups excluding tert-OH is 1. The zero-order valence-corrected chi connectivity index (χ0v) is 20.8. The number of rotatable bonds is 8. The van der Waals surface area contributed by atoms with Crippen LogP contribution in [0.25, 0.3) is 22.5 Å². The van der Waals surface area contributed by atoms with Gasteiger partial charge >= 0.3 is 0 Å². The molecule has 0 bridgehead atoms. The molecule has 2 N–H and O–H groups in total. The Hall–Kier alpha value is -4.43. The van der Waals surface area contributed by atoms with Gasteiger partial charge in [-0.05, 0) is 40.0 Å². The number of nitrogens with one attached hydrogen (secondary N) is 1. The molecule has 8 nitrogen and oxygen atoms in total. The van der Waals surface area contributed by atoms with Crippen LogP contribution in [0, 0.1) is 6.92 Å². The lowest BCUT2D eigenvalue weighted by molar-refractivity contribution is 0.281. The second-order valence-electron chi connectivity index (χ2n) is 8.97. The molecule has 5 rings (SSSR count). The molecule has 0 aliphatic carbocycles. The van der Waals surface area contributed by atoms with Gasteiger partial charge < -0.3 is 5.11 Å². The van der Waals surface area contributed by atoms with E-state index in [1.807, 2.05) is 86.6 Å². The van der Waals surface area contributed by atoms with Gasteiger partial charge in [0.05, 0.1) is 13.2 Å². The number of hydrogen-bond acceptors (Lipinski definition) is 6. The zero-order chi connectivity index (χ0) is 25.8. The molecule has 0 atom stereocenters. The van der Waals surface area contributed by atoms with Gasteiger partial charge in [0.1, 0.15) is 5.82 Å². The molecular weight excluding hydrogens is 464 g/mol. The summed E-state index contributed by atoms with van der Waals surface area (Å²) in [6.45, 7) is 4.32. The van der Waals surface area contributed by atoms with Gasteiger partial charge in [-0.1, -0.05) is 79.7 Å². The zero-order valence-electron chi connectivity index (χ0n) is 20.8. The first-order valence-electron chi connectivity index (χ1n) is 12.3. The molecule has 3 aromatic carbocycles. The summed E-state index contributed by atoms with van der Waals surface area (Å²) >= 11 is 0. The van der Waals surface area contributed by atoms with Crippen molar-refractivity contribution in [3.8, 4) is 22.5 Å². The highest BCUT2D eigenvalue weighted by atomic mass is 16.3. The molecule has 2 heterocycles. The third-order valence-corrected chi connectivity index (χ3v) is 6.54. The van der Waals surface area contributed by atoms with Crippen molar-refractivity contribution in [2.24, 2.45) is 0 Å². The summed E-state index contributed by atoms with van der Waals surface area (Å²) in [5, 5.41) is 23.9. The van der Waals surface area contributed by atoms with E-state index in [1.165, 1.54) is 0 Å². The van der Waals surface area contributed by atoms with Crippen molar-refractivity contribution >= 4 is 0 Å². The number of aliphatic hydroxyl groups is 1. The lowest BCUT2D eigenvalue weighted by atomic mass is 9.98. The third-order valence-electron chi connectivity index (χ3n) is 6.54. The van der Waals surface area contributed by atoms with Crippen molar-refractivity contribution < 1.29 is 5.11 Å². The Morgan fingerprint density at radius 3 is 2.38 bits per heavy atom. The molecule has 0 saturated carbocycles. The van der Waals surface area contributed by atoms with Crippen LogP contribution in [-0.2, 0) is 26.0 Å². The lowest BCUT2D eigenvalue weighted by Gasteiger charge is -2.16. The van der Waals surface area contributed by atoms with Crippen LogP contribution in [0.2, 0.25) is 0 Å². The van der Waals surface area contributed by atoms with Gasteiger partial charge in [-0.2, -0.15) is 5.21 Å². The van der Waals surface area contributed by atoms with E-state index in [2.05, 4.69) is 20.6 Å². The van der Waals surface area contributed by atoms with Gasteiger partial charge in [-0.3, -0.25) is 9.36 Å². The maximum atomic E-state index is 13.6. The van der Waals surface area contributed by atoms with E-state index in [4.69, 9.17) is 4.98 Å². The predicted octanol–water partition coefficient (Wildman–Crippen LogP) is 4.09. The summed E-state index contributed by atoms with van der Waals surface area (Å²) in [6.07, 6.45) is 1.13. The van der Waals surface area contributed by atoms with Gasteiger partial charge in [-0.25, -0.2) is 4.98 Å². The Kier molecular flexibility index (Phi) is 7.00. The monoisotopic (exact) mass is 492 g/mol. The highest BCUT2D eigenvalue weighted by molar-refractivity contribution is 5.80. The maximum absolute atomic E-state index is 13.6. The molecule has 0 spiro atoms. The van der Waals surface area contributed by atoms with Crippen LogP contribution in [0.15, 0.2) is 77.6 Å². The van der Waals surface area contributed by atoms with Crippen molar-refractivity contribution in [3.05, 3.63) is 117 Å². The number of aromatic amines is 1. The van der Waals surface area contributed by atoms with Crippen LogP contribution in [0.5, 0.6) is 0 Å². The Morgan fingerprint density at radius 2 is 1.68 bits per heavy atom. The van der Waals surface area contributed by atoms with Crippen molar-refractivity contribution in [1.82, 2.24) is 30.2 Å². The smallest absolute Gasteiger partial charge is 0.257 e. The number of benzene rings is 3. The van der Waals surface area contributed by atoms with E-state index in [9.17, 15) is 9.90 Å². The Morgan fingerprint density at radius 1 is 0.919 bits per heavy atom. The molecule has 0 unspecified atom stereocenters. The van der Waals surface area contributed by atoms with E-state index in [1.54, 1.807) is 4.57 Å². The van der Waals surface area contributed by atoms with Crippen LogP contribution in [0.1, 0.15) is 40.7 Å². The highest BCUT2D eigenvalue weighted by Crippen LogP contribution is 2.29. The largest absolute Gasteiger partial charge is 0.392 e. The molecule has 5 aromatic rings. The van der Waals surface area contributed by atoms with Crippen molar-refractivity contribution in [2.75, 3.05) is 0 Å². The van der Waals surface area contributed by atoms with Crippen LogP contribution < -0.4 is 5.56 Å². The Bertz CT molecular complexity index is 1570. The summed E-state index contributed by atoms with van der Waals surface area (Å²) in [6, 6.07) is 23.8. The first-order chi connectivity index (χ1) is 18.1. The molecule has 0 amide bonds. The first-order valence-corrected chi connectivity index (χ1v) is 12.3. The van der Waals surface area contributed by atoms with E-state index in [0.717, 1.165) is 44.9 Å². The Balaban J connectivity index is 1.46. The minimum absolute atomic E-state index is 0.0229. The Labute approximate surface area is 214 Å². The van der Waals surface area contributed by atoms with E-state index in [0.29, 0.717) is 30.8 Å². The summed E-state index contributed by atoms with van der Waals surface area (Å²) < 4.78 is 1.78. The second-order valence-corrected chi connectivity index (χ2v) is 8.97. The van der Waals surface area contributed by atoms with Gasteiger partial charge in [0.15, 0.2) is 0 Å². The fourth-order valence-electron chi connectivity index (χ4n) is 4.61. The van der Waals surface area contributed by atoms with Gasteiger partial charge in [0.25, 0.3) is 5.56 Å². The number of aryl methyl sites for hydroxylation is 2. The van der Waals surface area contributed by atoms with Gasteiger partial charge in [-0.15, -0.1) is 10.2 Å². The molecule has 186 valence electrons. The van der Waals surface area contributed by atoms with E-state index < -0.39 is 0 Å². The maximum Gasteiger partial charge on any atom is 0.257 e. The summed E-state index contributed by atoms with van der Waals surface area (Å²) in [5.41, 5.74) is 7.15. The number of aromatic nitrogens is 6. The molecule has 0 aliphatic heterocycles. The first kappa shape index (κ1) is 24.3. The van der Waals surface area contributed by atoms with Crippen molar-refractivity contribution in [2.45, 2.75) is 39.8 Å². The second kappa shape index (κ2) is 10.7. The van der Waals surface area contributed by atoms with Gasteiger partial charge in [0.2, 0.25) is 5.82 Å². The van der Waals surface area contributed by atoms with Crippen LogP contribution >= 0.6 is 0 Å². The van der Waals surface area contributed by atoms with E-state index >= 15 is 0 Å². The topological polar surface area (TPSA) is 110 Å². The minimum atomic E-state index is -0.0281. The average molecular weight is 493 g/mol. The number of tetrazole rings is 1. The molecule has 0 aliphatic rings. The quantitative estimate of drug-likeness (QED) is 0.338. The fourth-order valence-corrected chi connectivity index (χ4v) is 4.61. The van der Waals surface area contributed by atoms with E-state index in [-0.39, 0.29) is 12.2 Å².